The van der Waals surface area contributed by atoms with Crippen LogP contribution >= 0.6 is 11.3 Å². The molecule has 0 aliphatic heterocycles. The molecule has 0 atom stereocenters. The van der Waals surface area contributed by atoms with Gasteiger partial charge in [0.2, 0.25) is 0 Å². The van der Waals surface area contributed by atoms with Crippen molar-refractivity contribution in [3.8, 4) is 22.1 Å². The van der Waals surface area contributed by atoms with Gasteiger partial charge in [0.05, 0.1) is 20.8 Å². The number of anilines is 1. The van der Waals surface area contributed by atoms with Crippen LogP contribution in [0.3, 0.4) is 0 Å². The number of nitrogens with two attached hydrogens (primary N) is 1. The maximum Gasteiger partial charge on any atom is 0.167 e. The van der Waals surface area contributed by atoms with Crippen LogP contribution in [-0.2, 0) is 0 Å². The first-order valence-electron chi connectivity index (χ1n) is 8.59. The van der Waals surface area contributed by atoms with Crippen LogP contribution in [0.15, 0.2) is 54.9 Å². The van der Waals surface area contributed by atoms with Gasteiger partial charge in [-0.3, -0.25) is 9.97 Å². The Morgan fingerprint density at radius 1 is 1.04 bits per heavy atom. The second kappa shape index (κ2) is 6.96. The van der Waals surface area contributed by atoms with Crippen LogP contribution in [0.25, 0.3) is 20.8 Å². The molecule has 0 radical (unpaired) electrons. The van der Waals surface area contributed by atoms with Gasteiger partial charge in [0.1, 0.15) is 5.75 Å². The number of benzene rings is 1. The molecule has 136 valence electrons. The van der Waals surface area contributed by atoms with Crippen molar-refractivity contribution < 1.29 is 9.13 Å². The van der Waals surface area contributed by atoms with Gasteiger partial charge in [0, 0.05) is 30.2 Å². The Balaban J connectivity index is 1.71. The number of nitrogens with zero attached hydrogens (tertiary/aromatic N) is 2. The van der Waals surface area contributed by atoms with E-state index >= 15 is 0 Å². The van der Waals surface area contributed by atoms with E-state index in [4.69, 9.17) is 10.5 Å². The fourth-order valence-electron chi connectivity index (χ4n) is 2.73. The highest BCUT2D eigenvalue weighted by Crippen LogP contribution is 2.39. The van der Waals surface area contributed by atoms with Crippen molar-refractivity contribution in [2.45, 2.75) is 19.8 Å². The van der Waals surface area contributed by atoms with Gasteiger partial charge in [-0.25, -0.2) is 4.39 Å². The molecule has 2 N–H and O–H groups in total. The monoisotopic (exact) mass is 379 g/mol. The second-order valence-electron chi connectivity index (χ2n) is 6.56. The number of hydrogen-bond acceptors (Lipinski definition) is 5. The summed E-state index contributed by atoms with van der Waals surface area (Å²) in [5.74, 6) is 0.623. The van der Waals surface area contributed by atoms with Crippen molar-refractivity contribution in [1.82, 2.24) is 9.97 Å². The summed E-state index contributed by atoms with van der Waals surface area (Å²) in [5.41, 5.74) is 8.82. The number of nitrogen functional groups attached to an aromatic ring is 1. The topological polar surface area (TPSA) is 61.0 Å². The van der Waals surface area contributed by atoms with Crippen molar-refractivity contribution in [2.75, 3.05) is 5.73 Å². The van der Waals surface area contributed by atoms with E-state index < -0.39 is 5.82 Å². The zero-order valence-electron chi connectivity index (χ0n) is 14.9. The standard InChI is InChI=1S/C21H18FN3OS/c1-12(2)13-3-5-16(25-11-13)20-10-17-21(27-20)19(7-8-24-17)26-18-6-4-14(23)9-15(18)22/h3-12H,23H2,1-2H3. The molecule has 0 fully saturated rings. The Hall–Kier alpha value is -2.99. The first-order chi connectivity index (χ1) is 13.0. The van der Waals surface area contributed by atoms with Crippen LogP contribution < -0.4 is 10.5 Å². The van der Waals surface area contributed by atoms with Gasteiger partial charge in [0.25, 0.3) is 0 Å². The molecule has 0 spiro atoms. The lowest BCUT2D eigenvalue weighted by Crippen LogP contribution is -1.91. The molecule has 27 heavy (non-hydrogen) atoms. The highest BCUT2D eigenvalue weighted by Gasteiger charge is 2.13. The summed E-state index contributed by atoms with van der Waals surface area (Å²) in [6.45, 7) is 4.28. The largest absolute Gasteiger partial charge is 0.453 e. The Labute approximate surface area is 160 Å². The van der Waals surface area contributed by atoms with Crippen LogP contribution in [0, 0.1) is 5.82 Å². The predicted octanol–water partition coefficient (Wildman–Crippen LogP) is 6.00. The SMILES string of the molecule is CC(C)c1ccc(-c2cc3nccc(Oc4ccc(N)cc4F)c3s2)nc1. The molecule has 4 rings (SSSR count). The maximum absolute atomic E-state index is 14.1. The van der Waals surface area contributed by atoms with Gasteiger partial charge in [0.15, 0.2) is 11.6 Å². The van der Waals surface area contributed by atoms with E-state index in [1.165, 1.54) is 29.0 Å². The number of pyridine rings is 2. The van der Waals surface area contributed by atoms with Crippen molar-refractivity contribution in [2.24, 2.45) is 0 Å². The van der Waals surface area contributed by atoms with Gasteiger partial charge in [-0.2, -0.15) is 0 Å². The van der Waals surface area contributed by atoms with Crippen LogP contribution in [0.1, 0.15) is 25.3 Å². The molecule has 6 heteroatoms. The normalized spacial score (nSPS) is 11.3. The Kier molecular flexibility index (Phi) is 4.49. The fourth-order valence-corrected chi connectivity index (χ4v) is 3.77. The molecule has 0 unspecified atom stereocenters. The van der Waals surface area contributed by atoms with E-state index in [2.05, 4.69) is 29.9 Å². The summed E-state index contributed by atoms with van der Waals surface area (Å²) >= 11 is 1.52. The number of halogens is 1. The van der Waals surface area contributed by atoms with E-state index in [-0.39, 0.29) is 5.75 Å². The third-order valence-corrected chi connectivity index (χ3v) is 5.42. The maximum atomic E-state index is 14.1. The molecule has 0 aliphatic carbocycles. The molecular formula is C21H18FN3OS. The minimum Gasteiger partial charge on any atom is -0.453 e. The smallest absolute Gasteiger partial charge is 0.167 e. The number of ether oxygens (including phenoxy) is 1. The fraction of sp³-hybridized carbons (Fsp3) is 0.143. The first-order valence-corrected chi connectivity index (χ1v) is 9.40. The van der Waals surface area contributed by atoms with E-state index in [0.717, 1.165) is 20.8 Å². The van der Waals surface area contributed by atoms with Crippen molar-refractivity contribution in [1.29, 1.82) is 0 Å². The van der Waals surface area contributed by atoms with Gasteiger partial charge >= 0.3 is 0 Å². The summed E-state index contributed by atoms with van der Waals surface area (Å²) in [7, 11) is 0. The molecule has 0 amide bonds. The number of thiophene rings is 1. The average molecular weight is 379 g/mol. The summed E-state index contributed by atoms with van der Waals surface area (Å²) < 4.78 is 20.7. The van der Waals surface area contributed by atoms with Crippen LogP contribution in [-0.4, -0.2) is 9.97 Å². The van der Waals surface area contributed by atoms with Gasteiger partial charge in [-0.15, -0.1) is 11.3 Å². The lowest BCUT2D eigenvalue weighted by molar-refractivity contribution is 0.447. The Morgan fingerprint density at radius 2 is 1.89 bits per heavy atom. The number of rotatable bonds is 4. The van der Waals surface area contributed by atoms with Gasteiger partial charge in [-0.1, -0.05) is 19.9 Å². The van der Waals surface area contributed by atoms with E-state index in [1.54, 1.807) is 18.3 Å². The summed E-state index contributed by atoms with van der Waals surface area (Å²) in [4.78, 5) is 9.96. The molecule has 4 nitrogen and oxygen atoms in total. The number of aromatic nitrogens is 2. The predicted molar refractivity (Wildman–Crippen MR) is 108 cm³/mol. The first kappa shape index (κ1) is 17.4. The lowest BCUT2D eigenvalue weighted by atomic mass is 10.1. The van der Waals surface area contributed by atoms with E-state index in [1.807, 2.05) is 18.3 Å². The van der Waals surface area contributed by atoms with Crippen molar-refractivity contribution >= 4 is 27.2 Å². The van der Waals surface area contributed by atoms with Gasteiger partial charge < -0.3 is 10.5 Å². The molecule has 0 saturated carbocycles. The second-order valence-corrected chi connectivity index (χ2v) is 7.61. The third kappa shape index (κ3) is 3.48. The molecule has 0 saturated heterocycles. The van der Waals surface area contributed by atoms with Crippen LogP contribution in [0.2, 0.25) is 0 Å². The van der Waals surface area contributed by atoms with E-state index in [0.29, 0.717) is 17.4 Å². The lowest BCUT2D eigenvalue weighted by Gasteiger charge is -2.07. The molecule has 3 aromatic heterocycles. The third-order valence-electron chi connectivity index (χ3n) is 4.26. The minimum atomic E-state index is -0.498. The van der Waals surface area contributed by atoms with E-state index in [9.17, 15) is 4.39 Å². The zero-order chi connectivity index (χ0) is 19.0. The summed E-state index contributed by atoms with van der Waals surface area (Å²) in [5, 5.41) is 0. The van der Waals surface area contributed by atoms with Crippen molar-refractivity contribution in [3.63, 3.8) is 0 Å². The molecular weight excluding hydrogens is 361 g/mol. The van der Waals surface area contributed by atoms with Crippen LogP contribution in [0.5, 0.6) is 11.5 Å². The quantitative estimate of drug-likeness (QED) is 0.442. The number of hydrogen-bond donors (Lipinski definition) is 1. The highest BCUT2D eigenvalue weighted by molar-refractivity contribution is 7.22. The minimum absolute atomic E-state index is 0.131. The van der Waals surface area contributed by atoms with Gasteiger partial charge in [-0.05, 0) is 35.7 Å². The van der Waals surface area contributed by atoms with Crippen molar-refractivity contribution in [3.05, 3.63) is 66.2 Å². The summed E-state index contributed by atoms with van der Waals surface area (Å²) in [6.07, 6.45) is 3.55. The molecule has 0 aliphatic rings. The highest BCUT2D eigenvalue weighted by atomic mass is 32.1. The molecule has 1 aromatic carbocycles. The zero-order valence-corrected chi connectivity index (χ0v) is 15.8. The average Bonchev–Trinajstić information content (AvgIpc) is 3.09. The molecule has 4 aromatic rings. The number of fused-ring (bicyclic) bond motifs is 1. The van der Waals surface area contributed by atoms with Crippen LogP contribution in [0.4, 0.5) is 10.1 Å². The summed E-state index contributed by atoms with van der Waals surface area (Å²) in [6, 6.07) is 12.2. The Bertz CT molecular complexity index is 1110. The molecule has 0 bridgehead atoms. The Morgan fingerprint density at radius 3 is 2.59 bits per heavy atom. The molecule has 3 heterocycles.